The molecule has 2 bridgehead atoms. The molecule has 3 nitrogen and oxygen atoms in total. The van der Waals surface area contributed by atoms with E-state index in [1.165, 1.54) is 19.3 Å². The third-order valence-electron chi connectivity index (χ3n) is 6.26. The van der Waals surface area contributed by atoms with Crippen molar-refractivity contribution in [2.24, 2.45) is 17.6 Å². The van der Waals surface area contributed by atoms with E-state index in [1.54, 1.807) is 0 Å². The number of halogens is 1. The van der Waals surface area contributed by atoms with Gasteiger partial charge in [0.1, 0.15) is 0 Å². The number of fused-ring (bicyclic) bond motifs is 2. The Morgan fingerprint density at radius 3 is 2.30 bits per heavy atom. The predicted octanol–water partition coefficient (Wildman–Crippen LogP) is 3.39. The van der Waals surface area contributed by atoms with E-state index in [-0.39, 0.29) is 11.3 Å². The van der Waals surface area contributed by atoms with Crippen molar-refractivity contribution >= 4 is 17.5 Å². The fourth-order valence-corrected chi connectivity index (χ4v) is 4.98. The van der Waals surface area contributed by atoms with Crippen LogP contribution in [0.5, 0.6) is 0 Å². The molecule has 23 heavy (non-hydrogen) atoms. The fraction of sp³-hybridized carbons (Fsp3) is 0.632. The van der Waals surface area contributed by atoms with Gasteiger partial charge >= 0.3 is 0 Å². The van der Waals surface area contributed by atoms with Gasteiger partial charge in [0, 0.05) is 17.1 Å². The summed E-state index contributed by atoms with van der Waals surface area (Å²) in [5.74, 6) is 1.36. The molecule has 4 heteroatoms. The van der Waals surface area contributed by atoms with Crippen molar-refractivity contribution in [2.45, 2.75) is 62.4 Å². The highest BCUT2D eigenvalue weighted by molar-refractivity contribution is 6.30. The maximum atomic E-state index is 13.0. The third-order valence-corrected chi connectivity index (χ3v) is 6.51. The summed E-state index contributed by atoms with van der Waals surface area (Å²) in [6.07, 6.45) is 7.73. The lowest BCUT2D eigenvalue weighted by Crippen LogP contribution is -2.55. The fourth-order valence-electron chi connectivity index (χ4n) is 4.86. The molecular weight excluding hydrogens is 308 g/mol. The Hall–Kier alpha value is -1.06. The Morgan fingerprint density at radius 2 is 1.74 bits per heavy atom. The van der Waals surface area contributed by atoms with Crippen LogP contribution in [-0.4, -0.2) is 18.0 Å². The molecule has 3 aliphatic carbocycles. The molecule has 2 unspecified atom stereocenters. The van der Waals surface area contributed by atoms with Gasteiger partial charge in [-0.1, -0.05) is 30.2 Å². The average Bonchev–Trinajstić information content (AvgIpc) is 3.30. The monoisotopic (exact) mass is 332 g/mol. The Bertz CT molecular complexity index is 582. The molecule has 3 fully saturated rings. The molecule has 124 valence electrons. The van der Waals surface area contributed by atoms with Crippen LogP contribution >= 0.6 is 11.6 Å². The molecule has 0 aromatic heterocycles. The molecule has 1 amide bonds. The zero-order chi connectivity index (χ0) is 16.0. The molecule has 1 aromatic carbocycles. The topological polar surface area (TPSA) is 55.1 Å². The molecule has 0 radical (unpaired) electrons. The number of hydrogen-bond donors (Lipinski definition) is 2. The molecule has 3 saturated carbocycles. The number of nitrogens with one attached hydrogen (secondary N) is 1. The van der Waals surface area contributed by atoms with Crippen LogP contribution < -0.4 is 11.1 Å². The van der Waals surface area contributed by atoms with Crippen molar-refractivity contribution in [3.05, 3.63) is 34.9 Å². The number of rotatable bonds is 3. The second-order valence-corrected chi connectivity index (χ2v) is 8.21. The highest BCUT2D eigenvalue weighted by Gasteiger charge is 2.52. The first kappa shape index (κ1) is 15.5. The number of carbonyl (C=O) groups is 1. The van der Waals surface area contributed by atoms with Gasteiger partial charge in [0.25, 0.3) is 0 Å². The van der Waals surface area contributed by atoms with Crippen molar-refractivity contribution in [3.8, 4) is 0 Å². The molecule has 0 heterocycles. The molecule has 4 rings (SSSR count). The molecule has 0 saturated heterocycles. The summed E-state index contributed by atoms with van der Waals surface area (Å²) in [6.45, 7) is 0. The van der Waals surface area contributed by atoms with Crippen LogP contribution in [0.15, 0.2) is 24.3 Å². The minimum atomic E-state index is -0.307. The van der Waals surface area contributed by atoms with Crippen LogP contribution in [0.2, 0.25) is 5.02 Å². The highest BCUT2D eigenvalue weighted by Crippen LogP contribution is 2.49. The lowest BCUT2D eigenvalue weighted by molar-refractivity contribution is -0.126. The van der Waals surface area contributed by atoms with Crippen LogP contribution in [0.3, 0.4) is 0 Å². The zero-order valence-electron chi connectivity index (χ0n) is 13.4. The maximum Gasteiger partial charge on any atom is 0.230 e. The van der Waals surface area contributed by atoms with E-state index in [4.69, 9.17) is 17.3 Å². The Balaban J connectivity index is 1.50. The Labute approximate surface area is 143 Å². The van der Waals surface area contributed by atoms with Gasteiger partial charge in [-0.05, 0) is 68.1 Å². The van der Waals surface area contributed by atoms with Gasteiger partial charge in [-0.15, -0.1) is 0 Å². The number of amides is 1. The molecule has 0 spiro atoms. The summed E-state index contributed by atoms with van der Waals surface area (Å²) in [7, 11) is 0. The van der Waals surface area contributed by atoms with Crippen LogP contribution in [0.25, 0.3) is 0 Å². The second kappa shape index (κ2) is 5.78. The minimum Gasteiger partial charge on any atom is -0.352 e. The summed E-state index contributed by atoms with van der Waals surface area (Å²) in [6, 6.07) is 8.45. The number of carbonyl (C=O) groups excluding carboxylic acids is 1. The molecule has 1 aromatic rings. The highest BCUT2D eigenvalue weighted by atomic mass is 35.5. The quantitative estimate of drug-likeness (QED) is 0.891. The molecule has 2 atom stereocenters. The SMILES string of the molecule is NC1CC2CCCC(C1)C2NC(=O)C1(c2ccc(Cl)cc2)CC1. The van der Waals surface area contributed by atoms with Crippen LogP contribution in [0.4, 0.5) is 0 Å². The Kier molecular flexibility index (Phi) is 3.89. The standard InChI is InChI=1S/C19H25ClN2O/c20-15-6-4-14(5-7-15)19(8-9-19)18(23)22-17-12-2-1-3-13(17)11-16(21)10-12/h4-7,12-13,16-17H,1-3,8-11,21H2,(H,22,23). The van der Waals surface area contributed by atoms with E-state index >= 15 is 0 Å². The Morgan fingerprint density at radius 1 is 1.13 bits per heavy atom. The maximum absolute atomic E-state index is 13.0. The predicted molar refractivity (Wildman–Crippen MR) is 92.3 cm³/mol. The number of nitrogens with two attached hydrogens (primary N) is 1. The van der Waals surface area contributed by atoms with Gasteiger partial charge < -0.3 is 11.1 Å². The van der Waals surface area contributed by atoms with Gasteiger partial charge in [-0.25, -0.2) is 0 Å². The van der Waals surface area contributed by atoms with E-state index in [0.29, 0.717) is 23.9 Å². The molecule has 3 N–H and O–H groups in total. The zero-order valence-corrected chi connectivity index (χ0v) is 14.2. The molecule has 0 aliphatic heterocycles. The van der Waals surface area contributed by atoms with Crippen molar-refractivity contribution in [1.82, 2.24) is 5.32 Å². The van der Waals surface area contributed by atoms with E-state index in [0.717, 1.165) is 36.3 Å². The molecule has 3 aliphatic rings. The van der Waals surface area contributed by atoms with Crippen molar-refractivity contribution in [1.29, 1.82) is 0 Å². The largest absolute Gasteiger partial charge is 0.352 e. The summed E-state index contributed by atoms with van der Waals surface area (Å²) in [5, 5.41) is 4.15. The smallest absolute Gasteiger partial charge is 0.230 e. The van der Waals surface area contributed by atoms with Gasteiger partial charge in [0.15, 0.2) is 0 Å². The van der Waals surface area contributed by atoms with E-state index in [9.17, 15) is 4.79 Å². The van der Waals surface area contributed by atoms with Crippen LogP contribution in [-0.2, 0) is 10.2 Å². The lowest BCUT2D eigenvalue weighted by atomic mass is 9.67. The van der Waals surface area contributed by atoms with Crippen LogP contribution in [0, 0.1) is 11.8 Å². The van der Waals surface area contributed by atoms with Crippen molar-refractivity contribution in [3.63, 3.8) is 0 Å². The molecular formula is C19H25ClN2O. The first-order valence-electron chi connectivity index (χ1n) is 8.91. The van der Waals surface area contributed by atoms with Gasteiger partial charge in [0.2, 0.25) is 5.91 Å². The third kappa shape index (κ3) is 2.78. The first-order chi connectivity index (χ1) is 11.1. The van der Waals surface area contributed by atoms with Gasteiger partial charge in [-0.2, -0.15) is 0 Å². The van der Waals surface area contributed by atoms with E-state index in [1.807, 2.05) is 24.3 Å². The van der Waals surface area contributed by atoms with Crippen molar-refractivity contribution in [2.75, 3.05) is 0 Å². The van der Waals surface area contributed by atoms with Crippen molar-refractivity contribution < 1.29 is 4.79 Å². The van der Waals surface area contributed by atoms with E-state index in [2.05, 4.69) is 5.32 Å². The van der Waals surface area contributed by atoms with Gasteiger partial charge in [-0.3, -0.25) is 4.79 Å². The average molecular weight is 333 g/mol. The second-order valence-electron chi connectivity index (χ2n) is 7.77. The first-order valence-corrected chi connectivity index (χ1v) is 9.29. The number of benzene rings is 1. The summed E-state index contributed by atoms with van der Waals surface area (Å²) in [5.41, 5.74) is 7.00. The normalized spacial score (nSPS) is 34.7. The number of hydrogen-bond acceptors (Lipinski definition) is 2. The van der Waals surface area contributed by atoms with E-state index < -0.39 is 0 Å². The summed E-state index contributed by atoms with van der Waals surface area (Å²) < 4.78 is 0. The lowest BCUT2D eigenvalue weighted by Gasteiger charge is -2.45. The van der Waals surface area contributed by atoms with Crippen LogP contribution in [0.1, 0.15) is 50.5 Å². The van der Waals surface area contributed by atoms with Gasteiger partial charge in [0.05, 0.1) is 5.41 Å². The summed E-state index contributed by atoms with van der Waals surface area (Å²) in [4.78, 5) is 13.0. The summed E-state index contributed by atoms with van der Waals surface area (Å²) >= 11 is 5.98. The minimum absolute atomic E-state index is 0.220.